The normalized spacial score (nSPS) is 20.9. The van der Waals surface area contributed by atoms with Crippen molar-refractivity contribution >= 4 is 8.35 Å². The molecule has 78 valence electrons. The molecule has 1 saturated carbocycles. The Labute approximate surface area is 88.5 Å². The van der Waals surface area contributed by atoms with E-state index >= 15 is 0 Å². The van der Waals surface area contributed by atoms with Crippen LogP contribution in [0.5, 0.6) is 0 Å². The molecule has 0 amide bonds. The molecule has 1 nitrogen and oxygen atoms in total. The number of aromatic amines is 1. The third kappa shape index (κ3) is 2.39. The van der Waals surface area contributed by atoms with Gasteiger partial charge in [0.15, 0.2) is 0 Å². The van der Waals surface area contributed by atoms with E-state index in [0.717, 1.165) is 5.92 Å². The van der Waals surface area contributed by atoms with Crippen LogP contribution in [0.3, 0.4) is 0 Å². The maximum absolute atomic E-state index is 3.33. The highest BCUT2D eigenvalue weighted by atomic mass is 31.0. The molecule has 1 fully saturated rings. The van der Waals surface area contributed by atoms with Crippen LogP contribution in [0.15, 0.2) is 6.20 Å². The van der Waals surface area contributed by atoms with Crippen LogP contribution in [0, 0.1) is 6.92 Å². The zero-order valence-electron chi connectivity index (χ0n) is 9.05. The summed E-state index contributed by atoms with van der Waals surface area (Å²) < 4.78 is 3.33. The van der Waals surface area contributed by atoms with Gasteiger partial charge in [0.2, 0.25) is 0 Å². The molecule has 2 heteroatoms. The van der Waals surface area contributed by atoms with E-state index < -0.39 is 0 Å². The first kappa shape index (κ1) is 10.2. The fraction of sp³-hybridized carbons (Fsp3) is 0.750. The molecular weight excluding hydrogens is 189 g/mol. The zero-order chi connectivity index (χ0) is 9.80. The van der Waals surface area contributed by atoms with Gasteiger partial charge in [-0.15, -0.1) is 0 Å². The number of rotatable bonds is 1. The molecule has 0 spiro atoms. The molecule has 1 N–H and O–H groups in total. The smallest absolute Gasteiger partial charge is 0.0144 e. The highest BCUT2D eigenvalue weighted by Gasteiger charge is 2.16. The van der Waals surface area contributed by atoms with Crippen LogP contribution in [-0.4, -0.2) is 4.75 Å². The zero-order valence-corrected chi connectivity index (χ0v) is 9.95. The van der Waals surface area contributed by atoms with Crippen LogP contribution in [0.1, 0.15) is 61.7 Å². The van der Waals surface area contributed by atoms with Gasteiger partial charge in [0.1, 0.15) is 0 Å². The molecule has 1 aromatic rings. The van der Waals surface area contributed by atoms with Gasteiger partial charge >= 0.3 is 0 Å². The number of hydrogen-bond donors (Lipinski definition) is 1. The van der Waals surface area contributed by atoms with Crippen molar-refractivity contribution in [2.24, 2.45) is 0 Å². The lowest BCUT2D eigenvalue weighted by molar-refractivity contribution is 0.459. The van der Waals surface area contributed by atoms with Crippen LogP contribution >= 0.6 is 8.35 Å². The van der Waals surface area contributed by atoms with E-state index in [-0.39, 0.29) is 0 Å². The van der Waals surface area contributed by atoms with Gasteiger partial charge in [-0.05, 0) is 31.2 Å². The Morgan fingerprint density at radius 2 is 1.79 bits per heavy atom. The first-order valence-corrected chi connectivity index (χ1v) is 6.77. The lowest BCUT2D eigenvalue weighted by atomic mass is 9.89. The second-order valence-electron chi connectivity index (χ2n) is 4.50. The van der Waals surface area contributed by atoms with Crippen molar-refractivity contribution < 1.29 is 0 Å². The van der Waals surface area contributed by atoms with Crippen LogP contribution in [0.4, 0.5) is 0 Å². The average molecular weight is 209 g/mol. The molecular formula is C12H20NP. The van der Waals surface area contributed by atoms with E-state index in [0.29, 0.717) is 0 Å². The summed E-state index contributed by atoms with van der Waals surface area (Å²) >= 11 is 0. The van der Waals surface area contributed by atoms with Crippen molar-refractivity contribution in [1.82, 2.24) is 4.75 Å². The molecule has 1 aromatic heterocycles. The maximum atomic E-state index is 3.33. The highest BCUT2D eigenvalue weighted by Crippen LogP contribution is 2.36. The first-order chi connectivity index (χ1) is 6.88. The molecule has 0 aromatic carbocycles. The van der Waals surface area contributed by atoms with E-state index in [1.54, 1.807) is 5.30 Å². The van der Waals surface area contributed by atoms with Gasteiger partial charge in [0.05, 0.1) is 0 Å². The summed E-state index contributed by atoms with van der Waals surface area (Å²) in [5.74, 6) is 0.878. The number of hydrogen-bond acceptors (Lipinski definition) is 0. The lowest BCUT2D eigenvalue weighted by Crippen LogP contribution is -2.01. The van der Waals surface area contributed by atoms with Gasteiger partial charge in [-0.2, -0.15) is 0 Å². The van der Waals surface area contributed by atoms with Gasteiger partial charge in [-0.3, -0.25) is 0 Å². The van der Waals surface area contributed by atoms with Crippen molar-refractivity contribution in [1.29, 1.82) is 0 Å². The van der Waals surface area contributed by atoms with Gasteiger partial charge in [-0.1, -0.05) is 32.1 Å². The van der Waals surface area contributed by atoms with Gasteiger partial charge in [0, 0.05) is 19.8 Å². The van der Waals surface area contributed by atoms with Crippen molar-refractivity contribution in [3.8, 4) is 0 Å². The van der Waals surface area contributed by atoms with E-state index in [2.05, 4.69) is 17.9 Å². The Bertz CT molecular complexity index is 272. The monoisotopic (exact) mass is 209 g/mol. The molecule has 1 aliphatic carbocycles. The fourth-order valence-corrected chi connectivity index (χ4v) is 3.58. The average Bonchev–Trinajstić information content (AvgIpc) is 2.51. The SMILES string of the molecule is Cc1c[nH]pc1C1CCCCCCC1. The van der Waals surface area contributed by atoms with Crippen LogP contribution < -0.4 is 0 Å². The second-order valence-corrected chi connectivity index (χ2v) is 5.46. The predicted octanol–water partition coefficient (Wildman–Crippen LogP) is 4.73. The summed E-state index contributed by atoms with van der Waals surface area (Å²) in [4.78, 5) is 0. The second kappa shape index (κ2) is 4.98. The lowest BCUT2D eigenvalue weighted by Gasteiger charge is -2.19. The third-order valence-electron chi connectivity index (χ3n) is 3.36. The van der Waals surface area contributed by atoms with Gasteiger partial charge in [-0.25, -0.2) is 0 Å². The van der Waals surface area contributed by atoms with Gasteiger partial charge in [0.25, 0.3) is 0 Å². The first-order valence-electron chi connectivity index (χ1n) is 5.88. The summed E-state index contributed by atoms with van der Waals surface area (Å²) in [6.45, 7) is 2.25. The Morgan fingerprint density at radius 1 is 1.14 bits per heavy atom. The molecule has 0 unspecified atom stereocenters. The standard InChI is InChI=1S/C12H20NP/c1-10-9-13-14-12(10)11-7-5-3-2-4-6-8-11/h9,11,13H,2-8H2,1H3. The molecule has 0 atom stereocenters. The summed E-state index contributed by atoms with van der Waals surface area (Å²) in [5, 5.41) is 1.67. The fourth-order valence-electron chi connectivity index (χ4n) is 2.50. The molecule has 2 rings (SSSR count). The summed E-state index contributed by atoms with van der Waals surface area (Å²) in [6.07, 6.45) is 12.3. The molecule has 0 bridgehead atoms. The number of aromatic nitrogens is 1. The van der Waals surface area contributed by atoms with E-state index in [1.165, 1.54) is 58.9 Å². The highest BCUT2D eigenvalue weighted by molar-refractivity contribution is 7.26. The Kier molecular flexibility index (Phi) is 3.64. The number of aryl methyl sites for hydroxylation is 1. The summed E-state index contributed by atoms with van der Waals surface area (Å²) in [6, 6.07) is 0. The van der Waals surface area contributed by atoms with Crippen molar-refractivity contribution in [3.05, 3.63) is 17.1 Å². The molecule has 0 saturated heterocycles. The number of H-pyrrole nitrogens is 1. The largest absolute Gasteiger partial charge is 0.344 e. The van der Waals surface area contributed by atoms with Crippen LogP contribution in [-0.2, 0) is 0 Å². The van der Waals surface area contributed by atoms with Crippen molar-refractivity contribution in [2.75, 3.05) is 0 Å². The quantitative estimate of drug-likeness (QED) is 0.688. The van der Waals surface area contributed by atoms with Crippen molar-refractivity contribution in [3.63, 3.8) is 0 Å². The van der Waals surface area contributed by atoms with Crippen molar-refractivity contribution in [2.45, 2.75) is 57.8 Å². The molecule has 1 aliphatic rings. The molecule has 1 heterocycles. The third-order valence-corrected chi connectivity index (χ3v) is 4.58. The summed E-state index contributed by atoms with van der Waals surface area (Å²) in [7, 11) is 1.36. The maximum Gasteiger partial charge on any atom is 0.0144 e. The molecule has 14 heavy (non-hydrogen) atoms. The van der Waals surface area contributed by atoms with Crippen LogP contribution in [0.25, 0.3) is 0 Å². The molecule has 0 radical (unpaired) electrons. The molecule has 0 aliphatic heterocycles. The predicted molar refractivity (Wildman–Crippen MR) is 63.1 cm³/mol. The van der Waals surface area contributed by atoms with E-state index in [9.17, 15) is 0 Å². The minimum atomic E-state index is 0.878. The Morgan fingerprint density at radius 3 is 2.36 bits per heavy atom. The van der Waals surface area contributed by atoms with E-state index in [1.807, 2.05) is 0 Å². The minimum absolute atomic E-state index is 0.878. The summed E-state index contributed by atoms with van der Waals surface area (Å²) in [5.41, 5.74) is 1.50. The Balaban J connectivity index is 2.04. The van der Waals surface area contributed by atoms with E-state index in [4.69, 9.17) is 0 Å². The minimum Gasteiger partial charge on any atom is -0.344 e. The Hall–Kier alpha value is -0.290. The topological polar surface area (TPSA) is 15.8 Å². The van der Waals surface area contributed by atoms with Gasteiger partial charge < -0.3 is 4.75 Å². The van der Waals surface area contributed by atoms with Crippen LogP contribution in [0.2, 0.25) is 0 Å². The number of nitrogens with one attached hydrogen (secondary N) is 1.